The number of aliphatic hydroxyl groups is 1. The molecule has 0 fully saturated rings. The first-order chi connectivity index (χ1) is 14.8. The van der Waals surface area contributed by atoms with Crippen molar-refractivity contribution in [2.45, 2.75) is 66.2 Å². The Morgan fingerprint density at radius 1 is 0.875 bits per heavy atom. The zero-order valence-corrected chi connectivity index (χ0v) is 20.3. The summed E-state index contributed by atoms with van der Waals surface area (Å²) in [4.78, 5) is 27.7. The van der Waals surface area contributed by atoms with E-state index in [-0.39, 0.29) is 22.8 Å². The van der Waals surface area contributed by atoms with Gasteiger partial charge in [0, 0.05) is 25.1 Å². The van der Waals surface area contributed by atoms with Gasteiger partial charge in [0.05, 0.1) is 0 Å². The normalized spacial score (nSPS) is 14.9. The highest BCUT2D eigenvalue weighted by Crippen LogP contribution is 2.35. The van der Waals surface area contributed by atoms with Gasteiger partial charge in [-0.3, -0.25) is 4.79 Å². The molecule has 2 aromatic rings. The Bertz CT molecular complexity index is 881. The van der Waals surface area contributed by atoms with E-state index in [9.17, 15) is 14.7 Å². The third-order valence-electron chi connectivity index (χ3n) is 5.81. The summed E-state index contributed by atoms with van der Waals surface area (Å²) in [6.45, 7) is 12.2. The van der Waals surface area contributed by atoms with Gasteiger partial charge < -0.3 is 14.7 Å². The molecule has 2 rings (SSSR count). The third-order valence-corrected chi connectivity index (χ3v) is 5.81. The van der Waals surface area contributed by atoms with E-state index < -0.39 is 18.2 Å². The summed E-state index contributed by atoms with van der Waals surface area (Å²) in [5, 5.41) is 10.5. The zero-order valence-electron chi connectivity index (χ0n) is 20.3. The minimum atomic E-state index is -1.35. The SMILES string of the molecule is CN(C(=O)c1ccccc1)[C@@H](C[C@@H](OC(=O)C(O)c1ccccc1)C(C)(C)C)C(C)(C)C. The lowest BCUT2D eigenvalue weighted by atomic mass is 9.77. The van der Waals surface area contributed by atoms with Gasteiger partial charge in [-0.05, 0) is 28.5 Å². The van der Waals surface area contributed by atoms with Crippen molar-refractivity contribution in [3.05, 3.63) is 71.8 Å². The van der Waals surface area contributed by atoms with Crippen LogP contribution in [0.25, 0.3) is 0 Å². The van der Waals surface area contributed by atoms with Gasteiger partial charge in [-0.15, -0.1) is 0 Å². The highest BCUT2D eigenvalue weighted by atomic mass is 16.6. The van der Waals surface area contributed by atoms with Gasteiger partial charge >= 0.3 is 5.97 Å². The summed E-state index contributed by atoms with van der Waals surface area (Å²) in [5.74, 6) is -0.755. The molecule has 0 heterocycles. The van der Waals surface area contributed by atoms with Crippen molar-refractivity contribution >= 4 is 11.9 Å². The second-order valence-electron chi connectivity index (χ2n) is 10.5. The number of rotatable bonds is 7. The fraction of sp³-hybridized carbons (Fsp3) is 0.481. The molecule has 1 amide bonds. The van der Waals surface area contributed by atoms with E-state index in [0.717, 1.165) is 0 Å². The average Bonchev–Trinajstić information content (AvgIpc) is 2.74. The Morgan fingerprint density at radius 3 is 1.84 bits per heavy atom. The molecule has 0 saturated carbocycles. The molecule has 0 aliphatic rings. The first kappa shape index (κ1) is 25.6. The van der Waals surface area contributed by atoms with Crippen molar-refractivity contribution in [3.8, 4) is 0 Å². The maximum absolute atomic E-state index is 13.2. The largest absolute Gasteiger partial charge is 0.460 e. The molecular weight excluding hydrogens is 402 g/mol. The fourth-order valence-electron chi connectivity index (χ4n) is 3.78. The van der Waals surface area contributed by atoms with E-state index in [2.05, 4.69) is 20.8 Å². The van der Waals surface area contributed by atoms with Gasteiger partial charge in [0.2, 0.25) is 0 Å². The van der Waals surface area contributed by atoms with Crippen molar-refractivity contribution in [1.82, 2.24) is 4.90 Å². The lowest BCUT2D eigenvalue weighted by Crippen LogP contribution is -2.49. The molecule has 0 spiro atoms. The fourth-order valence-corrected chi connectivity index (χ4v) is 3.78. The Labute approximate surface area is 192 Å². The summed E-state index contributed by atoms with van der Waals surface area (Å²) in [7, 11) is 1.80. The van der Waals surface area contributed by atoms with Crippen LogP contribution in [-0.4, -0.2) is 41.1 Å². The van der Waals surface area contributed by atoms with Gasteiger partial charge in [-0.25, -0.2) is 4.79 Å². The average molecular weight is 440 g/mol. The summed E-state index contributed by atoms with van der Waals surface area (Å²) in [6.07, 6.45) is -1.39. The van der Waals surface area contributed by atoms with E-state index >= 15 is 0 Å². The summed E-state index contributed by atoms with van der Waals surface area (Å²) < 4.78 is 5.87. The predicted molar refractivity (Wildman–Crippen MR) is 127 cm³/mol. The molecular formula is C27H37NO4. The number of amides is 1. The maximum Gasteiger partial charge on any atom is 0.339 e. The summed E-state index contributed by atoms with van der Waals surface area (Å²) >= 11 is 0. The van der Waals surface area contributed by atoms with Gasteiger partial charge in [0.15, 0.2) is 6.10 Å². The van der Waals surface area contributed by atoms with Crippen LogP contribution in [0.2, 0.25) is 0 Å². The molecule has 3 atom stereocenters. The molecule has 0 aromatic heterocycles. The third kappa shape index (κ3) is 6.67. The van der Waals surface area contributed by atoms with Crippen LogP contribution in [0.15, 0.2) is 60.7 Å². The number of carbonyl (C=O) groups excluding carboxylic acids is 2. The molecule has 0 aliphatic heterocycles. The van der Waals surface area contributed by atoms with E-state index in [1.807, 2.05) is 45.0 Å². The first-order valence-electron chi connectivity index (χ1n) is 11.1. The predicted octanol–water partition coefficient (Wildman–Crippen LogP) is 5.25. The number of hydrogen-bond acceptors (Lipinski definition) is 4. The molecule has 5 heteroatoms. The number of hydrogen-bond donors (Lipinski definition) is 1. The van der Waals surface area contributed by atoms with Crippen LogP contribution in [0.5, 0.6) is 0 Å². The molecule has 5 nitrogen and oxygen atoms in total. The van der Waals surface area contributed by atoms with Crippen molar-refractivity contribution in [1.29, 1.82) is 0 Å². The van der Waals surface area contributed by atoms with Gasteiger partial charge in [0.25, 0.3) is 5.91 Å². The van der Waals surface area contributed by atoms with Crippen LogP contribution in [0.3, 0.4) is 0 Å². The minimum absolute atomic E-state index is 0.0752. The lowest BCUT2D eigenvalue weighted by Gasteiger charge is -2.42. The number of ether oxygens (including phenoxy) is 1. The standard InChI is InChI=1S/C27H37NO4/c1-26(2,3)21(28(7)24(30)20-16-12-9-13-17-20)18-22(27(4,5)6)32-25(31)23(29)19-14-10-8-11-15-19/h8-17,21-23,29H,18H2,1-7H3/t21-,22+,23?/m0/s1. The van der Waals surface area contributed by atoms with Crippen molar-refractivity contribution in [2.75, 3.05) is 7.05 Å². The molecule has 174 valence electrons. The van der Waals surface area contributed by atoms with Gasteiger partial charge in [0.1, 0.15) is 6.10 Å². The second kappa shape index (κ2) is 10.3. The Kier molecular flexibility index (Phi) is 8.24. The quantitative estimate of drug-likeness (QED) is 0.598. The van der Waals surface area contributed by atoms with E-state index in [4.69, 9.17) is 4.74 Å². The van der Waals surface area contributed by atoms with Crippen LogP contribution >= 0.6 is 0 Å². The molecule has 0 bridgehead atoms. The van der Waals surface area contributed by atoms with Crippen LogP contribution in [0.1, 0.15) is 70.0 Å². The summed E-state index contributed by atoms with van der Waals surface area (Å²) in [5.41, 5.74) is 0.473. The summed E-state index contributed by atoms with van der Waals surface area (Å²) in [6, 6.07) is 17.7. The van der Waals surface area contributed by atoms with Crippen LogP contribution in [0.4, 0.5) is 0 Å². The molecule has 1 unspecified atom stereocenters. The Morgan fingerprint density at radius 2 is 1.38 bits per heavy atom. The van der Waals surface area contributed by atoms with Crippen LogP contribution in [-0.2, 0) is 9.53 Å². The number of esters is 1. The number of benzene rings is 2. The Hall–Kier alpha value is -2.66. The number of aliphatic hydroxyl groups excluding tert-OH is 1. The Balaban J connectivity index is 2.26. The first-order valence-corrected chi connectivity index (χ1v) is 11.1. The van der Waals surface area contributed by atoms with Crippen LogP contribution in [0, 0.1) is 10.8 Å². The van der Waals surface area contributed by atoms with E-state index in [0.29, 0.717) is 17.5 Å². The molecule has 2 aromatic carbocycles. The molecule has 0 aliphatic carbocycles. The highest BCUT2D eigenvalue weighted by molar-refractivity contribution is 5.94. The molecule has 0 saturated heterocycles. The maximum atomic E-state index is 13.2. The van der Waals surface area contributed by atoms with Crippen molar-refractivity contribution in [3.63, 3.8) is 0 Å². The number of carbonyl (C=O) groups is 2. The van der Waals surface area contributed by atoms with Crippen molar-refractivity contribution in [2.24, 2.45) is 10.8 Å². The highest BCUT2D eigenvalue weighted by Gasteiger charge is 2.39. The zero-order chi connectivity index (χ0) is 24.1. The van der Waals surface area contributed by atoms with Gasteiger partial charge in [-0.2, -0.15) is 0 Å². The molecule has 0 radical (unpaired) electrons. The van der Waals surface area contributed by atoms with Gasteiger partial charge in [-0.1, -0.05) is 90.1 Å². The van der Waals surface area contributed by atoms with Crippen molar-refractivity contribution < 1.29 is 19.4 Å². The number of nitrogens with zero attached hydrogens (tertiary/aromatic N) is 1. The molecule has 32 heavy (non-hydrogen) atoms. The lowest BCUT2D eigenvalue weighted by molar-refractivity contribution is -0.167. The second-order valence-corrected chi connectivity index (χ2v) is 10.5. The monoisotopic (exact) mass is 439 g/mol. The van der Waals surface area contributed by atoms with E-state index in [1.54, 1.807) is 48.3 Å². The smallest absolute Gasteiger partial charge is 0.339 e. The topological polar surface area (TPSA) is 66.8 Å². The minimum Gasteiger partial charge on any atom is -0.460 e. The van der Waals surface area contributed by atoms with E-state index in [1.165, 1.54) is 0 Å². The van der Waals surface area contributed by atoms with Crippen LogP contribution < -0.4 is 0 Å². The molecule has 1 N–H and O–H groups in total.